The van der Waals surface area contributed by atoms with Crippen LogP contribution < -0.4 is 14.8 Å². The maximum Gasteiger partial charge on any atom is 0.320 e. The van der Waals surface area contributed by atoms with E-state index < -0.39 is 6.04 Å². The number of nitrogens with one attached hydrogen (secondary N) is 1. The van der Waals surface area contributed by atoms with Gasteiger partial charge < -0.3 is 19.5 Å². The van der Waals surface area contributed by atoms with Crippen LogP contribution in [0.5, 0.6) is 11.5 Å². The number of nitrogens with zero attached hydrogens (tertiary/aromatic N) is 1. The van der Waals surface area contributed by atoms with Crippen molar-refractivity contribution in [3.05, 3.63) is 90.0 Å². The Morgan fingerprint density at radius 3 is 2.32 bits per heavy atom. The molecule has 3 aromatic carbocycles. The van der Waals surface area contributed by atoms with E-state index in [1.54, 1.807) is 25.1 Å². The summed E-state index contributed by atoms with van der Waals surface area (Å²) in [4.78, 5) is 28.0. The van der Waals surface area contributed by atoms with E-state index in [-0.39, 0.29) is 25.0 Å². The van der Waals surface area contributed by atoms with Gasteiger partial charge >= 0.3 is 5.97 Å². The highest BCUT2D eigenvalue weighted by molar-refractivity contribution is 5.96. The van der Waals surface area contributed by atoms with Gasteiger partial charge in [0, 0.05) is 18.3 Å². The van der Waals surface area contributed by atoms with Crippen molar-refractivity contribution in [3.8, 4) is 11.5 Å². The molecular formula is C27H28N2O5. The maximum absolute atomic E-state index is 13.7. The van der Waals surface area contributed by atoms with Crippen molar-refractivity contribution in [2.75, 3.05) is 31.7 Å². The van der Waals surface area contributed by atoms with Gasteiger partial charge in [0.15, 0.2) is 11.5 Å². The zero-order valence-electron chi connectivity index (χ0n) is 19.1. The van der Waals surface area contributed by atoms with Gasteiger partial charge in [0.2, 0.25) is 5.91 Å². The molecule has 34 heavy (non-hydrogen) atoms. The minimum atomic E-state index is -0.723. The van der Waals surface area contributed by atoms with Crippen LogP contribution in [0.4, 0.5) is 5.69 Å². The average Bonchev–Trinajstić information content (AvgIpc) is 2.85. The van der Waals surface area contributed by atoms with E-state index in [9.17, 15) is 9.59 Å². The number of amides is 1. The Balaban J connectivity index is 1.64. The molecule has 0 spiro atoms. The number of carbonyl (C=O) groups excluding carboxylic acids is 2. The fourth-order valence-corrected chi connectivity index (χ4v) is 3.92. The van der Waals surface area contributed by atoms with Gasteiger partial charge in [-0.15, -0.1) is 0 Å². The number of carbonyl (C=O) groups is 2. The van der Waals surface area contributed by atoms with Gasteiger partial charge in [0.1, 0.15) is 19.3 Å². The molecule has 0 saturated carbocycles. The Morgan fingerprint density at radius 1 is 0.941 bits per heavy atom. The summed E-state index contributed by atoms with van der Waals surface area (Å²) >= 11 is 0. The summed E-state index contributed by atoms with van der Waals surface area (Å²) in [5, 5.41) is 2.99. The molecule has 1 heterocycles. The monoisotopic (exact) mass is 460 g/mol. The Kier molecular flexibility index (Phi) is 7.78. The molecule has 3 aromatic rings. The molecule has 0 unspecified atom stereocenters. The highest BCUT2D eigenvalue weighted by Crippen LogP contribution is 2.33. The number of esters is 1. The summed E-state index contributed by atoms with van der Waals surface area (Å²) in [5.74, 6) is 0.597. The Labute approximate surface area is 199 Å². The van der Waals surface area contributed by atoms with Gasteiger partial charge in [-0.3, -0.25) is 14.5 Å². The Bertz CT molecular complexity index is 1100. The van der Waals surface area contributed by atoms with Crippen LogP contribution in [-0.2, 0) is 20.9 Å². The third-order valence-electron chi connectivity index (χ3n) is 5.40. The molecular weight excluding hydrogens is 432 g/mol. The van der Waals surface area contributed by atoms with E-state index in [4.69, 9.17) is 14.2 Å². The molecule has 0 aromatic heterocycles. The highest BCUT2D eigenvalue weighted by Gasteiger charge is 2.30. The van der Waals surface area contributed by atoms with Crippen molar-refractivity contribution < 1.29 is 23.8 Å². The topological polar surface area (TPSA) is 77.1 Å². The van der Waals surface area contributed by atoms with Crippen LogP contribution >= 0.6 is 0 Å². The first-order chi connectivity index (χ1) is 16.6. The first-order valence-corrected chi connectivity index (χ1v) is 11.3. The van der Waals surface area contributed by atoms with Crippen molar-refractivity contribution in [3.63, 3.8) is 0 Å². The molecule has 0 saturated heterocycles. The van der Waals surface area contributed by atoms with Crippen molar-refractivity contribution >= 4 is 17.6 Å². The van der Waals surface area contributed by atoms with Crippen molar-refractivity contribution in [2.24, 2.45) is 0 Å². The van der Waals surface area contributed by atoms with Gasteiger partial charge in [-0.1, -0.05) is 60.7 Å². The van der Waals surface area contributed by atoms with Gasteiger partial charge in [-0.05, 0) is 30.2 Å². The maximum atomic E-state index is 13.7. The molecule has 0 radical (unpaired) electrons. The molecule has 1 amide bonds. The third-order valence-corrected chi connectivity index (χ3v) is 5.40. The Morgan fingerprint density at radius 2 is 1.62 bits per heavy atom. The minimum Gasteiger partial charge on any atom is -0.486 e. The highest BCUT2D eigenvalue weighted by atomic mass is 16.6. The summed E-state index contributed by atoms with van der Waals surface area (Å²) in [6.45, 7) is 3.36. The van der Waals surface area contributed by atoms with E-state index in [1.165, 1.54) is 0 Å². The van der Waals surface area contributed by atoms with Gasteiger partial charge in [-0.2, -0.15) is 0 Å². The summed E-state index contributed by atoms with van der Waals surface area (Å²) in [6.07, 6.45) is 0. The molecule has 7 nitrogen and oxygen atoms in total. The number of hydrogen-bond acceptors (Lipinski definition) is 6. The molecule has 4 rings (SSSR count). The molecule has 176 valence electrons. The lowest BCUT2D eigenvalue weighted by Crippen LogP contribution is -2.40. The van der Waals surface area contributed by atoms with Crippen LogP contribution in [0.1, 0.15) is 24.1 Å². The Hall–Kier alpha value is -3.84. The van der Waals surface area contributed by atoms with Crippen LogP contribution in [0.2, 0.25) is 0 Å². The molecule has 1 aliphatic heterocycles. The summed E-state index contributed by atoms with van der Waals surface area (Å²) in [6, 6.07) is 23.8. The summed E-state index contributed by atoms with van der Waals surface area (Å²) in [5.41, 5.74) is 2.35. The summed E-state index contributed by atoms with van der Waals surface area (Å²) < 4.78 is 16.4. The fourth-order valence-electron chi connectivity index (χ4n) is 3.92. The normalized spacial score (nSPS) is 13.2. The van der Waals surface area contributed by atoms with Crippen LogP contribution in [0.15, 0.2) is 78.9 Å². The number of ether oxygens (including phenoxy) is 3. The van der Waals surface area contributed by atoms with Gasteiger partial charge in [-0.25, -0.2) is 0 Å². The second-order valence-electron chi connectivity index (χ2n) is 7.86. The van der Waals surface area contributed by atoms with E-state index >= 15 is 0 Å². The summed E-state index contributed by atoms with van der Waals surface area (Å²) in [7, 11) is 0. The number of benzene rings is 3. The molecule has 0 fully saturated rings. The smallest absolute Gasteiger partial charge is 0.320 e. The quantitative estimate of drug-likeness (QED) is 0.482. The fraction of sp³-hybridized carbons (Fsp3) is 0.259. The largest absolute Gasteiger partial charge is 0.486 e. The first-order valence-electron chi connectivity index (χ1n) is 11.3. The minimum absolute atomic E-state index is 0.0309. The molecule has 7 heteroatoms. The second kappa shape index (κ2) is 11.3. The molecule has 1 N–H and O–H groups in total. The zero-order valence-corrected chi connectivity index (χ0v) is 19.1. The average molecular weight is 461 g/mol. The predicted octanol–water partition coefficient (Wildman–Crippen LogP) is 4.20. The van der Waals surface area contributed by atoms with Crippen molar-refractivity contribution in [1.82, 2.24) is 4.90 Å². The lowest BCUT2D eigenvalue weighted by molar-refractivity contribution is -0.145. The predicted molar refractivity (Wildman–Crippen MR) is 129 cm³/mol. The van der Waals surface area contributed by atoms with Gasteiger partial charge in [0.25, 0.3) is 0 Å². The van der Waals surface area contributed by atoms with Crippen molar-refractivity contribution in [1.29, 1.82) is 0 Å². The zero-order chi connectivity index (χ0) is 23.8. The van der Waals surface area contributed by atoms with E-state index in [0.29, 0.717) is 36.9 Å². The van der Waals surface area contributed by atoms with E-state index in [1.807, 2.05) is 65.6 Å². The van der Waals surface area contributed by atoms with Crippen LogP contribution in [0.25, 0.3) is 0 Å². The lowest BCUT2D eigenvalue weighted by atomic mass is 10.0. The molecule has 0 bridgehead atoms. The van der Waals surface area contributed by atoms with Crippen LogP contribution in [-0.4, -0.2) is 43.1 Å². The van der Waals surface area contributed by atoms with Gasteiger partial charge in [0.05, 0.1) is 13.2 Å². The van der Waals surface area contributed by atoms with Crippen molar-refractivity contribution in [2.45, 2.75) is 19.5 Å². The second-order valence-corrected chi connectivity index (χ2v) is 7.86. The van der Waals surface area contributed by atoms with E-state index in [2.05, 4.69) is 5.32 Å². The third kappa shape index (κ3) is 5.94. The number of anilines is 1. The number of fused-ring (bicyclic) bond motifs is 1. The lowest BCUT2D eigenvalue weighted by Gasteiger charge is -2.30. The first kappa shape index (κ1) is 23.3. The molecule has 1 aliphatic rings. The molecule has 1 atom stereocenters. The number of rotatable bonds is 9. The van der Waals surface area contributed by atoms with E-state index in [0.717, 1.165) is 11.1 Å². The molecule has 0 aliphatic carbocycles. The SMILES string of the molecule is CCOC(=O)CN(Cc1ccccc1)[C@H](C(=O)Nc1ccc2c(c1)OCCO2)c1ccccc1. The van der Waals surface area contributed by atoms with Crippen LogP contribution in [0, 0.1) is 0 Å². The standard InChI is InChI=1S/C27H28N2O5/c1-2-32-25(30)19-29(18-20-9-5-3-6-10-20)26(21-11-7-4-8-12-21)27(31)28-22-13-14-23-24(17-22)34-16-15-33-23/h3-14,17,26H,2,15-16,18-19H2,1H3,(H,28,31)/t26-/m0/s1. The number of hydrogen-bond donors (Lipinski definition) is 1. The van der Waals surface area contributed by atoms with Crippen LogP contribution in [0.3, 0.4) is 0 Å².